The smallest absolute Gasteiger partial charge is 0.189 e. The number of nitrogens with zero attached hydrogens (tertiary/aromatic N) is 2. The quantitative estimate of drug-likeness (QED) is 0.882. The van der Waals surface area contributed by atoms with Gasteiger partial charge >= 0.3 is 0 Å². The minimum atomic E-state index is -0.146. The summed E-state index contributed by atoms with van der Waals surface area (Å²) in [7, 11) is 0. The molecule has 0 aliphatic carbocycles. The molecule has 1 atom stereocenters. The number of para-hydroxylation sites is 1. The van der Waals surface area contributed by atoms with Gasteiger partial charge in [0.15, 0.2) is 5.78 Å². The molecule has 1 aliphatic rings. The van der Waals surface area contributed by atoms with Crippen molar-refractivity contribution in [2.45, 2.75) is 25.8 Å². The van der Waals surface area contributed by atoms with Crippen LogP contribution in [0, 0.1) is 0 Å². The van der Waals surface area contributed by atoms with E-state index in [-0.39, 0.29) is 11.7 Å². The molecule has 0 saturated carbocycles. The van der Waals surface area contributed by atoms with Crippen LogP contribution in [0.5, 0.6) is 0 Å². The predicted octanol–water partition coefficient (Wildman–Crippen LogP) is 3.34. The van der Waals surface area contributed by atoms with Gasteiger partial charge in [-0.3, -0.25) is 9.48 Å². The van der Waals surface area contributed by atoms with E-state index in [2.05, 4.69) is 10.4 Å². The summed E-state index contributed by atoms with van der Waals surface area (Å²) >= 11 is 6.15. The molecule has 5 heteroatoms. The van der Waals surface area contributed by atoms with Crippen molar-refractivity contribution in [1.82, 2.24) is 9.78 Å². The molecule has 2 aromatic rings. The fourth-order valence-corrected chi connectivity index (χ4v) is 2.99. The molecule has 1 aromatic heterocycles. The first kappa shape index (κ1) is 13.2. The van der Waals surface area contributed by atoms with Gasteiger partial charge in [0.25, 0.3) is 0 Å². The largest absolute Gasteiger partial charge is 0.385 e. The van der Waals surface area contributed by atoms with Gasteiger partial charge in [0.1, 0.15) is 5.69 Å². The molecule has 0 fully saturated rings. The Morgan fingerprint density at radius 1 is 1.50 bits per heavy atom. The van der Waals surface area contributed by atoms with Crippen LogP contribution in [0.2, 0.25) is 5.02 Å². The number of fused-ring (bicyclic) bond motifs is 1. The number of carbonyl (C=O) groups excluding carboxylic acids is 1. The third-order valence-electron chi connectivity index (χ3n) is 3.73. The number of rotatable bonds is 3. The van der Waals surface area contributed by atoms with Gasteiger partial charge in [0, 0.05) is 18.8 Å². The third-order valence-corrected chi connectivity index (χ3v) is 4.01. The molecule has 1 aliphatic heterocycles. The molecule has 1 aromatic carbocycles. The maximum atomic E-state index is 12.9. The van der Waals surface area contributed by atoms with Gasteiger partial charge in [-0.15, -0.1) is 0 Å². The maximum Gasteiger partial charge on any atom is 0.189 e. The summed E-state index contributed by atoms with van der Waals surface area (Å²) in [5, 5.41) is 7.92. The number of aromatic nitrogens is 2. The lowest BCUT2D eigenvalue weighted by Gasteiger charge is -2.25. The van der Waals surface area contributed by atoms with Crippen LogP contribution >= 0.6 is 11.6 Å². The van der Waals surface area contributed by atoms with Crippen molar-refractivity contribution in [2.24, 2.45) is 0 Å². The maximum absolute atomic E-state index is 12.9. The molecule has 2 heterocycles. The number of carbonyl (C=O) groups is 1. The second-order valence-electron chi connectivity index (χ2n) is 4.88. The SMILES string of the molecule is CCn1ncc(Cl)c1C(=O)C1CCNc2ccccc21. The Kier molecular flexibility index (Phi) is 3.49. The normalized spacial score (nSPS) is 17.4. The number of hydrogen-bond acceptors (Lipinski definition) is 3. The van der Waals surface area contributed by atoms with E-state index >= 15 is 0 Å². The molecule has 1 N–H and O–H groups in total. The molecular weight excluding hydrogens is 274 g/mol. The van der Waals surface area contributed by atoms with Crippen LogP contribution in [0.3, 0.4) is 0 Å². The van der Waals surface area contributed by atoms with Crippen LogP contribution in [0.25, 0.3) is 0 Å². The number of anilines is 1. The fourth-order valence-electron chi connectivity index (χ4n) is 2.75. The van der Waals surface area contributed by atoms with E-state index in [1.807, 2.05) is 31.2 Å². The second kappa shape index (κ2) is 5.29. The Balaban J connectivity index is 2.02. The highest BCUT2D eigenvalue weighted by atomic mass is 35.5. The monoisotopic (exact) mass is 289 g/mol. The number of hydrogen-bond donors (Lipinski definition) is 1. The zero-order valence-corrected chi connectivity index (χ0v) is 12.0. The number of aryl methyl sites for hydroxylation is 1. The predicted molar refractivity (Wildman–Crippen MR) is 79.5 cm³/mol. The number of halogens is 1. The highest BCUT2D eigenvalue weighted by molar-refractivity contribution is 6.33. The molecule has 0 amide bonds. The average molecular weight is 290 g/mol. The molecule has 0 bridgehead atoms. The molecule has 4 nitrogen and oxygen atoms in total. The van der Waals surface area contributed by atoms with E-state index in [4.69, 9.17) is 11.6 Å². The molecular formula is C15H16ClN3O. The minimum absolute atomic E-state index is 0.0586. The second-order valence-corrected chi connectivity index (χ2v) is 5.28. The van der Waals surface area contributed by atoms with Gasteiger partial charge < -0.3 is 5.32 Å². The molecule has 3 rings (SSSR count). The summed E-state index contributed by atoms with van der Waals surface area (Å²) in [6, 6.07) is 7.95. The van der Waals surface area contributed by atoms with Gasteiger partial charge in [-0.25, -0.2) is 0 Å². The summed E-state index contributed by atoms with van der Waals surface area (Å²) in [5.41, 5.74) is 2.61. The number of Topliss-reactive ketones (excluding diaryl/α,β-unsaturated/α-hetero) is 1. The van der Waals surface area contributed by atoms with Crippen molar-refractivity contribution < 1.29 is 4.79 Å². The molecule has 104 valence electrons. The van der Waals surface area contributed by atoms with Gasteiger partial charge in [-0.05, 0) is 25.0 Å². The molecule has 1 unspecified atom stereocenters. The summed E-state index contributed by atoms with van der Waals surface area (Å²) in [6.07, 6.45) is 2.33. The van der Waals surface area contributed by atoms with E-state index < -0.39 is 0 Å². The van der Waals surface area contributed by atoms with E-state index in [0.717, 1.165) is 24.2 Å². The van der Waals surface area contributed by atoms with Gasteiger partial charge in [0.2, 0.25) is 0 Å². The van der Waals surface area contributed by atoms with Crippen LogP contribution < -0.4 is 5.32 Å². The van der Waals surface area contributed by atoms with Crippen molar-refractivity contribution in [1.29, 1.82) is 0 Å². The Bertz CT molecular complexity index is 650. The third kappa shape index (κ3) is 2.10. The van der Waals surface area contributed by atoms with Crippen molar-refractivity contribution in [3.05, 3.63) is 46.7 Å². The Morgan fingerprint density at radius 3 is 3.10 bits per heavy atom. The lowest BCUT2D eigenvalue weighted by molar-refractivity contribution is 0.0945. The van der Waals surface area contributed by atoms with Crippen LogP contribution in [0.1, 0.15) is 35.3 Å². The average Bonchev–Trinajstić information content (AvgIpc) is 2.87. The Morgan fingerprint density at radius 2 is 2.30 bits per heavy atom. The number of nitrogens with one attached hydrogen (secondary N) is 1. The summed E-state index contributed by atoms with van der Waals surface area (Å²) < 4.78 is 1.68. The van der Waals surface area contributed by atoms with Gasteiger partial charge in [0.05, 0.1) is 17.1 Å². The molecule has 0 saturated heterocycles. The van der Waals surface area contributed by atoms with Crippen molar-refractivity contribution in [3.63, 3.8) is 0 Å². The first-order valence-electron chi connectivity index (χ1n) is 6.80. The summed E-state index contributed by atoms with van der Waals surface area (Å²) in [4.78, 5) is 12.9. The first-order chi connectivity index (χ1) is 9.72. The fraction of sp³-hybridized carbons (Fsp3) is 0.333. The molecule has 0 spiro atoms. The van der Waals surface area contributed by atoms with Crippen LogP contribution in [0.15, 0.2) is 30.5 Å². The Hall–Kier alpha value is -1.81. The summed E-state index contributed by atoms with van der Waals surface area (Å²) in [6.45, 7) is 3.39. The zero-order valence-electron chi connectivity index (χ0n) is 11.3. The first-order valence-corrected chi connectivity index (χ1v) is 7.18. The minimum Gasteiger partial charge on any atom is -0.385 e. The topological polar surface area (TPSA) is 46.9 Å². The number of ketones is 1. The lowest BCUT2D eigenvalue weighted by Crippen LogP contribution is -2.25. The van der Waals surface area contributed by atoms with E-state index in [1.54, 1.807) is 10.9 Å². The van der Waals surface area contributed by atoms with Crippen LogP contribution in [-0.4, -0.2) is 22.1 Å². The molecule has 0 radical (unpaired) electrons. The van der Waals surface area contributed by atoms with Crippen molar-refractivity contribution >= 4 is 23.1 Å². The number of benzene rings is 1. The van der Waals surface area contributed by atoms with Crippen molar-refractivity contribution in [3.8, 4) is 0 Å². The van der Waals surface area contributed by atoms with Crippen LogP contribution in [-0.2, 0) is 6.54 Å². The highest BCUT2D eigenvalue weighted by Gasteiger charge is 2.30. The zero-order chi connectivity index (χ0) is 14.1. The van der Waals surface area contributed by atoms with E-state index in [1.165, 1.54) is 0 Å². The van der Waals surface area contributed by atoms with Crippen molar-refractivity contribution in [2.75, 3.05) is 11.9 Å². The van der Waals surface area contributed by atoms with E-state index in [9.17, 15) is 4.79 Å². The van der Waals surface area contributed by atoms with E-state index in [0.29, 0.717) is 17.3 Å². The van der Waals surface area contributed by atoms with Gasteiger partial charge in [-0.1, -0.05) is 29.8 Å². The van der Waals surface area contributed by atoms with Gasteiger partial charge in [-0.2, -0.15) is 5.10 Å². The van der Waals surface area contributed by atoms with Crippen LogP contribution in [0.4, 0.5) is 5.69 Å². The summed E-state index contributed by atoms with van der Waals surface area (Å²) in [5.74, 6) is -0.0877. The Labute approximate surface area is 122 Å². The highest BCUT2D eigenvalue weighted by Crippen LogP contribution is 2.35. The lowest BCUT2D eigenvalue weighted by atomic mass is 9.86. The standard InChI is InChI=1S/C15H16ClN3O/c1-2-19-14(12(16)9-18-19)15(20)11-7-8-17-13-6-4-3-5-10(11)13/h3-6,9,11,17H,2,7-8H2,1H3. The molecule has 20 heavy (non-hydrogen) atoms.